The Kier molecular flexibility index (Phi) is 33.5. The summed E-state index contributed by atoms with van der Waals surface area (Å²) < 4.78 is 96.5. The number of alkyl carbamates (subject to hydrolysis) is 1. The SMILES string of the molecule is COc1ccc(COC(=O)[C@@H](Cc2ccccc2OCc2ccnc(-c3ccccc3OC)n2)Oc2ncnc3sc(-c4ccc(F)cc4)c(-c4ccc(OCCN5CC[N+](C)(Cc6ccc(NC(=O)[C@H](CCCNC(N)=O)NC(=O)[C@@H](NC(=O)OC(C)(C)C)C(C)C)cc6CN(C)C(=O)[C@H](CCC(=O)OC(C)(C)C)NC(=O)CS(=O)(=O)O)CC5)c(Cl)c4C)c23)cc1. The van der Waals surface area contributed by atoms with Crippen molar-refractivity contribution in [3.05, 3.63) is 190 Å². The van der Waals surface area contributed by atoms with Gasteiger partial charge >= 0.3 is 24.1 Å². The van der Waals surface area contributed by atoms with Gasteiger partial charge < -0.3 is 79.6 Å². The van der Waals surface area contributed by atoms with Crippen molar-refractivity contribution >= 4 is 96.7 Å². The number of hydrogen-bond acceptors (Lipinski definition) is 24. The molecule has 7 amide bonds. The zero-order valence-corrected chi connectivity index (χ0v) is 75.7. The number of thiophene rings is 1. The van der Waals surface area contributed by atoms with E-state index in [1.165, 1.54) is 41.7 Å². The number of fused-ring (bicyclic) bond motifs is 1. The molecule has 10 rings (SSSR count). The number of hydrogen-bond donors (Lipinski definition) is 7. The van der Waals surface area contributed by atoms with Crippen molar-refractivity contribution in [1.29, 1.82) is 0 Å². The van der Waals surface area contributed by atoms with Gasteiger partial charge in [-0.2, -0.15) is 8.42 Å². The molecule has 3 aromatic heterocycles. The first kappa shape index (κ1) is 97.1. The van der Waals surface area contributed by atoms with Gasteiger partial charge in [0.25, 0.3) is 10.1 Å². The lowest BCUT2D eigenvalue weighted by atomic mass is 9.96. The molecule has 8 N–H and O–H groups in total. The highest BCUT2D eigenvalue weighted by Crippen LogP contribution is 2.50. The van der Waals surface area contributed by atoms with Crippen LogP contribution in [0.15, 0.2) is 146 Å². The molecule has 1 aliphatic heterocycles. The molecule has 36 heteroatoms. The van der Waals surface area contributed by atoms with Crippen molar-refractivity contribution < 1.29 is 98.1 Å². The summed E-state index contributed by atoms with van der Waals surface area (Å²) in [6.45, 7) is 18.6. The summed E-state index contributed by atoms with van der Waals surface area (Å²) in [4.78, 5) is 132. The minimum atomic E-state index is -4.85. The maximum absolute atomic E-state index is 14.8. The van der Waals surface area contributed by atoms with E-state index in [9.17, 15) is 55.7 Å². The number of halogens is 2. The number of aromatic nitrogens is 4. The number of para-hydroxylation sites is 2. The Morgan fingerprint density at radius 2 is 1.45 bits per heavy atom. The number of carbonyl (C=O) groups is 8. The molecule has 6 aromatic carbocycles. The van der Waals surface area contributed by atoms with E-state index in [4.69, 9.17) is 70.2 Å². The fourth-order valence-electron chi connectivity index (χ4n) is 14.2. The Hall–Kier alpha value is -12.1. The van der Waals surface area contributed by atoms with Gasteiger partial charge in [0.1, 0.15) is 95.7 Å². The third kappa shape index (κ3) is 28.4. The first-order chi connectivity index (χ1) is 60.2. The van der Waals surface area contributed by atoms with Crippen LogP contribution in [0.1, 0.15) is 115 Å². The molecule has 0 aliphatic carbocycles. The fraction of sp³-hybridized carbons (Fsp3) is 0.407. The number of urea groups is 1. The van der Waals surface area contributed by atoms with Crippen LogP contribution in [0.5, 0.6) is 28.9 Å². The van der Waals surface area contributed by atoms with Crippen molar-refractivity contribution in [2.75, 3.05) is 85.3 Å². The summed E-state index contributed by atoms with van der Waals surface area (Å²) in [7, 11) is 1.82. The number of likely N-dealkylation sites (N-methyl/N-ethyl adjacent to an activating group) is 2. The summed E-state index contributed by atoms with van der Waals surface area (Å²) in [5, 5.41) is 13.9. The van der Waals surface area contributed by atoms with Gasteiger partial charge in [-0.1, -0.05) is 92.2 Å². The van der Waals surface area contributed by atoms with Gasteiger partial charge in [0.2, 0.25) is 35.6 Å². The monoisotopic (exact) mass is 1810 g/mol. The molecule has 4 atom stereocenters. The second kappa shape index (κ2) is 43.8. The van der Waals surface area contributed by atoms with Gasteiger partial charge in [0.05, 0.1) is 56.0 Å². The molecule has 1 fully saturated rings. The van der Waals surface area contributed by atoms with Gasteiger partial charge in [-0.05, 0) is 174 Å². The molecule has 127 heavy (non-hydrogen) atoms. The normalized spacial score (nSPS) is 13.8. The van der Waals surface area contributed by atoms with E-state index in [0.29, 0.717) is 143 Å². The van der Waals surface area contributed by atoms with Gasteiger partial charge in [0.15, 0.2) is 11.6 Å². The molecule has 1 saturated heterocycles. The molecule has 32 nitrogen and oxygen atoms in total. The fourth-order valence-corrected chi connectivity index (χ4v) is 16.0. The third-order valence-electron chi connectivity index (χ3n) is 20.7. The maximum atomic E-state index is 14.8. The van der Waals surface area contributed by atoms with E-state index >= 15 is 0 Å². The predicted molar refractivity (Wildman–Crippen MR) is 477 cm³/mol. The minimum Gasteiger partial charge on any atom is -0.497 e. The zero-order valence-electron chi connectivity index (χ0n) is 73.3. The van der Waals surface area contributed by atoms with Crippen molar-refractivity contribution in [2.24, 2.45) is 11.7 Å². The Labute approximate surface area is 746 Å². The van der Waals surface area contributed by atoms with Gasteiger partial charge in [0, 0.05) is 80.5 Å². The lowest BCUT2D eigenvalue weighted by Gasteiger charge is -2.42. The largest absolute Gasteiger partial charge is 0.497 e. The summed E-state index contributed by atoms with van der Waals surface area (Å²) in [6.07, 6.45) is 0.226. The molecule has 9 aromatic rings. The molecule has 678 valence electrons. The number of benzene rings is 6. The van der Waals surface area contributed by atoms with Crippen molar-refractivity contribution in [2.45, 2.75) is 156 Å². The molecule has 0 radical (unpaired) electrons. The molecule has 0 unspecified atom stereocenters. The Balaban J connectivity index is 0.887. The first-order valence-electron chi connectivity index (χ1n) is 41.3. The number of anilines is 1. The molecule has 4 heterocycles. The third-order valence-corrected chi connectivity index (χ3v) is 22.9. The van der Waals surface area contributed by atoms with E-state index in [-0.39, 0.29) is 76.6 Å². The van der Waals surface area contributed by atoms with E-state index < -0.39 is 111 Å². The number of quaternary nitrogens is 1. The molecular weight excluding hydrogens is 1700 g/mol. The number of ether oxygens (including phenoxy) is 8. The number of primary amides is 1. The summed E-state index contributed by atoms with van der Waals surface area (Å²) in [6, 6.07) is 33.7. The van der Waals surface area contributed by atoms with Crippen LogP contribution < -0.4 is 56.0 Å². The minimum absolute atomic E-state index is 0.00625. The molecule has 0 saturated carbocycles. The van der Waals surface area contributed by atoms with Crippen molar-refractivity contribution in [3.8, 4) is 61.8 Å². The topological polar surface area (TPSA) is 409 Å². The number of nitrogens with two attached hydrogens (primary N) is 1. The van der Waals surface area contributed by atoms with Crippen LogP contribution in [0.25, 0.3) is 43.2 Å². The lowest BCUT2D eigenvalue weighted by Crippen LogP contribution is -2.57. The quantitative estimate of drug-likeness (QED) is 0.00616. The second-order valence-electron chi connectivity index (χ2n) is 33.4. The van der Waals surface area contributed by atoms with Crippen LogP contribution in [-0.4, -0.2) is 210 Å². The summed E-state index contributed by atoms with van der Waals surface area (Å²) in [5.74, 6) is -4.45. The predicted octanol–water partition coefficient (Wildman–Crippen LogP) is 12.1. The molecule has 0 spiro atoms. The number of methoxy groups -OCH3 is 2. The Morgan fingerprint density at radius 3 is 2.13 bits per heavy atom. The highest BCUT2D eigenvalue weighted by Gasteiger charge is 2.36. The highest BCUT2D eigenvalue weighted by molar-refractivity contribution is 7.86. The van der Waals surface area contributed by atoms with Crippen LogP contribution in [0.3, 0.4) is 0 Å². The van der Waals surface area contributed by atoms with Crippen LogP contribution >= 0.6 is 22.9 Å². The Morgan fingerprint density at radius 1 is 0.748 bits per heavy atom. The number of carbonyl (C=O) groups excluding carboxylic acids is 8. The van der Waals surface area contributed by atoms with Crippen LogP contribution in [0.4, 0.5) is 19.7 Å². The van der Waals surface area contributed by atoms with E-state index in [2.05, 4.69) is 43.5 Å². The number of amides is 7. The summed E-state index contributed by atoms with van der Waals surface area (Å²) in [5.41, 5.74) is 10.1. The molecule has 0 bridgehead atoms. The van der Waals surface area contributed by atoms with Crippen LogP contribution in [0, 0.1) is 18.7 Å². The number of nitrogens with zero attached hydrogens (tertiary/aromatic N) is 7. The first-order valence-corrected chi connectivity index (χ1v) is 44.1. The average Bonchev–Trinajstić information content (AvgIpc) is 1.60. The maximum Gasteiger partial charge on any atom is 0.408 e. The zero-order chi connectivity index (χ0) is 92.1. The highest BCUT2D eigenvalue weighted by atomic mass is 35.5. The molecule has 1 aliphatic rings. The summed E-state index contributed by atoms with van der Waals surface area (Å²) >= 11 is 8.74. The smallest absolute Gasteiger partial charge is 0.408 e. The van der Waals surface area contributed by atoms with Gasteiger partial charge in [-0.25, -0.2) is 38.7 Å². The number of rotatable bonds is 40. The number of esters is 2. The van der Waals surface area contributed by atoms with Crippen LogP contribution in [0.2, 0.25) is 5.02 Å². The second-order valence-corrected chi connectivity index (χ2v) is 36.2. The Bertz CT molecular complexity index is 5510. The van der Waals surface area contributed by atoms with E-state index in [1.54, 1.807) is 149 Å². The van der Waals surface area contributed by atoms with Crippen molar-refractivity contribution in [3.63, 3.8) is 0 Å². The number of piperazine rings is 1. The van der Waals surface area contributed by atoms with Crippen LogP contribution in [-0.2, 0) is 85.8 Å². The standard InChI is InChI=1S/C91H109ClFN13O19S2/c1-55(2)79(103-89(114)125-91(7,8)9)83(110)102-68(21-18-39-96-88(94)113)82(109)100-63-31-28-60(61(47-63)49-104(10)86(111)69(101-74(107)53-127(115,116)117)35-37-75(108)124-90(4,5)6)50-106(11)44-41-105(42-45-106)43-46-120-72-36-34-66(56(3)78(72)92)76-77-84(97-54-98-85(77)126-80(76)58-26-29-62(93)30-27-58)123-73(87(112)122-51-57-24-32-65(118-12)33-25-57)48-59-19-14-16-22-70(59)121-52-64-38-40-95-81(99-64)67-20-15-17-23-71(67)119-13/h14-17,19-20,22-34,36,38,40,47,54-55,68-69,73,79H,18,21,35,37,39,41-46,48-53H2,1-13H3,(H7-,94,96,100,101,102,103,107,109,110,113,114,115,116,117)/p+1/t68-,69-,73+,79-/m0/s1. The van der Waals surface area contributed by atoms with Gasteiger partial charge in [-0.15, -0.1) is 11.3 Å². The van der Waals surface area contributed by atoms with E-state index in [1.807, 2.05) is 55.5 Å². The lowest BCUT2D eigenvalue weighted by molar-refractivity contribution is -0.926. The average molecular weight is 1810 g/mol. The van der Waals surface area contributed by atoms with E-state index in [0.717, 1.165) is 5.56 Å². The molecular formula is C91H110ClFN13O19S2+. The number of nitrogens with one attached hydrogen (secondary N) is 5. The van der Waals surface area contributed by atoms with Crippen molar-refractivity contribution in [1.82, 2.24) is 51.0 Å². The van der Waals surface area contributed by atoms with Gasteiger partial charge in [-0.3, -0.25) is 33.4 Å².